The predicted octanol–water partition coefficient (Wildman–Crippen LogP) is 6.19. The zero-order valence-corrected chi connectivity index (χ0v) is 22.0. The van der Waals surface area contributed by atoms with Crippen LogP contribution < -0.4 is 4.90 Å². The highest BCUT2D eigenvalue weighted by Gasteiger charge is 2.40. The van der Waals surface area contributed by atoms with Crippen LogP contribution in [0.2, 0.25) is 0 Å². The molecule has 1 amide bonds. The number of thiazole rings is 1. The lowest BCUT2D eigenvalue weighted by Gasteiger charge is -2.26. The van der Waals surface area contributed by atoms with Crippen molar-refractivity contribution in [3.8, 4) is 22.4 Å². The van der Waals surface area contributed by atoms with Crippen LogP contribution in [-0.4, -0.2) is 40.1 Å². The number of carboxylic acids is 1. The number of rotatable bonds is 11. The number of aromatic nitrogens is 2. The molecule has 2 aliphatic carbocycles. The lowest BCUT2D eigenvalue weighted by atomic mass is 9.90. The summed E-state index contributed by atoms with van der Waals surface area (Å²) in [6.07, 6.45) is 8.77. The largest absolute Gasteiger partial charge is 0.481 e. The Kier molecular flexibility index (Phi) is 7.96. The molecular weight excluding hydrogens is 486 g/mol. The van der Waals surface area contributed by atoms with Gasteiger partial charge in [-0.15, -0.1) is 11.3 Å². The summed E-state index contributed by atoms with van der Waals surface area (Å²) in [6, 6.07) is 12.2. The van der Waals surface area contributed by atoms with E-state index in [1.54, 1.807) is 12.0 Å². The molecule has 0 radical (unpaired) electrons. The van der Waals surface area contributed by atoms with Crippen LogP contribution in [0.1, 0.15) is 57.1 Å². The third-order valence-electron chi connectivity index (χ3n) is 7.34. The number of benzene rings is 1. The minimum Gasteiger partial charge on any atom is -0.481 e. The number of carboxylic acid groups (broad SMARTS) is 1. The van der Waals surface area contributed by atoms with Crippen LogP contribution in [0.15, 0.2) is 48.0 Å². The quantitative estimate of drug-likeness (QED) is 0.325. The van der Waals surface area contributed by atoms with Gasteiger partial charge in [-0.2, -0.15) is 0 Å². The summed E-state index contributed by atoms with van der Waals surface area (Å²) in [5.41, 5.74) is 4.65. The molecule has 0 aliphatic heterocycles. The second kappa shape index (κ2) is 11.5. The number of carbonyl (C=O) groups excluding carboxylic acids is 1. The average molecular weight is 520 g/mol. The fourth-order valence-corrected chi connectivity index (χ4v) is 6.26. The van der Waals surface area contributed by atoms with Crippen LogP contribution in [-0.2, 0) is 20.9 Å². The highest BCUT2D eigenvalue weighted by Crippen LogP contribution is 2.40. The molecule has 1 unspecified atom stereocenters. The van der Waals surface area contributed by atoms with E-state index < -0.39 is 11.9 Å². The van der Waals surface area contributed by atoms with Crippen LogP contribution in [0, 0.1) is 11.8 Å². The first-order chi connectivity index (χ1) is 18.0. The van der Waals surface area contributed by atoms with Crippen LogP contribution in [0.3, 0.4) is 0 Å². The first-order valence-electron chi connectivity index (χ1n) is 13.1. The molecule has 194 valence electrons. The second-order valence-electron chi connectivity index (χ2n) is 10.2. The Bertz CT molecular complexity index is 1230. The number of hydrogen-bond donors (Lipinski definition) is 1. The molecule has 2 saturated carbocycles. The molecule has 1 N–H and O–H groups in total. The van der Waals surface area contributed by atoms with Gasteiger partial charge in [0.2, 0.25) is 5.91 Å². The molecule has 0 bridgehead atoms. The normalized spacial score (nSPS) is 16.6. The SMILES string of the molecule is COCc1ccc(-c2ccccc2-c2csc(N(C(=O)C(CC(=O)O)CC3CCCC3)C3CC3)n2)cn1. The molecule has 2 heterocycles. The van der Waals surface area contributed by atoms with Gasteiger partial charge in [0.15, 0.2) is 5.13 Å². The maximum absolute atomic E-state index is 13.8. The molecule has 5 rings (SSSR count). The van der Waals surface area contributed by atoms with Gasteiger partial charge < -0.3 is 9.84 Å². The fraction of sp³-hybridized carbons (Fsp3) is 0.448. The fourth-order valence-electron chi connectivity index (χ4n) is 5.36. The highest BCUT2D eigenvalue weighted by atomic mass is 32.1. The number of pyridine rings is 1. The molecule has 2 aromatic heterocycles. The Morgan fingerprint density at radius 3 is 2.51 bits per heavy atom. The highest BCUT2D eigenvalue weighted by molar-refractivity contribution is 7.14. The summed E-state index contributed by atoms with van der Waals surface area (Å²) >= 11 is 1.46. The molecule has 1 aromatic carbocycles. The van der Waals surface area contributed by atoms with E-state index in [0.29, 0.717) is 24.1 Å². The van der Waals surface area contributed by atoms with Crippen LogP contribution in [0.5, 0.6) is 0 Å². The van der Waals surface area contributed by atoms with E-state index in [1.165, 1.54) is 24.2 Å². The summed E-state index contributed by atoms with van der Waals surface area (Å²) in [7, 11) is 1.65. The average Bonchev–Trinajstić information content (AvgIpc) is 3.37. The van der Waals surface area contributed by atoms with E-state index in [2.05, 4.69) is 11.1 Å². The molecular formula is C29H33N3O4S. The molecule has 37 heavy (non-hydrogen) atoms. The van der Waals surface area contributed by atoms with E-state index in [0.717, 1.165) is 53.8 Å². The van der Waals surface area contributed by atoms with Gasteiger partial charge in [0, 0.05) is 41.8 Å². The van der Waals surface area contributed by atoms with E-state index in [9.17, 15) is 14.7 Å². The van der Waals surface area contributed by atoms with Gasteiger partial charge in [-0.25, -0.2) is 4.98 Å². The lowest BCUT2D eigenvalue weighted by molar-refractivity contribution is -0.141. The van der Waals surface area contributed by atoms with Crippen LogP contribution in [0.4, 0.5) is 5.13 Å². The lowest BCUT2D eigenvalue weighted by Crippen LogP contribution is -2.39. The van der Waals surface area contributed by atoms with E-state index in [1.807, 2.05) is 41.9 Å². The summed E-state index contributed by atoms with van der Waals surface area (Å²) < 4.78 is 5.17. The van der Waals surface area contributed by atoms with E-state index in [-0.39, 0.29) is 18.4 Å². The van der Waals surface area contributed by atoms with E-state index >= 15 is 0 Å². The molecule has 0 spiro atoms. The zero-order chi connectivity index (χ0) is 25.8. The van der Waals surface area contributed by atoms with Crippen molar-refractivity contribution in [2.75, 3.05) is 12.0 Å². The number of aliphatic carboxylic acids is 1. The van der Waals surface area contributed by atoms with Gasteiger partial charge in [-0.3, -0.25) is 19.5 Å². The Morgan fingerprint density at radius 2 is 1.86 bits per heavy atom. The number of nitrogens with zero attached hydrogens (tertiary/aromatic N) is 3. The standard InChI is InChI=1S/C29H33N3O4S/c1-36-17-22-11-10-20(16-30-22)24-8-4-5-9-25(24)26-18-37-29(31-26)32(23-12-13-23)28(35)21(15-27(33)34)14-19-6-2-3-7-19/h4-5,8-11,16,18-19,21,23H,2-3,6-7,12-15,17H2,1H3,(H,33,34). The van der Waals surface area contributed by atoms with Crippen molar-refractivity contribution >= 4 is 28.3 Å². The molecule has 3 aromatic rings. The van der Waals surface area contributed by atoms with Gasteiger partial charge in [-0.05, 0) is 36.8 Å². The second-order valence-corrected chi connectivity index (χ2v) is 11.0. The minimum absolute atomic E-state index is 0.0797. The first-order valence-corrected chi connectivity index (χ1v) is 14.0. The minimum atomic E-state index is -0.911. The van der Waals surface area contributed by atoms with Gasteiger partial charge in [0.05, 0.1) is 24.4 Å². The number of carbonyl (C=O) groups is 2. The summed E-state index contributed by atoms with van der Waals surface area (Å²) in [4.78, 5) is 36.7. The maximum atomic E-state index is 13.8. The Morgan fingerprint density at radius 1 is 1.11 bits per heavy atom. The van der Waals surface area contributed by atoms with Crippen molar-refractivity contribution in [3.63, 3.8) is 0 Å². The van der Waals surface area contributed by atoms with Crippen LogP contribution in [0.25, 0.3) is 22.4 Å². The number of hydrogen-bond acceptors (Lipinski definition) is 6. The first kappa shape index (κ1) is 25.5. The number of amides is 1. The predicted molar refractivity (Wildman–Crippen MR) is 144 cm³/mol. The van der Waals surface area contributed by atoms with Crippen molar-refractivity contribution < 1.29 is 19.4 Å². The number of anilines is 1. The smallest absolute Gasteiger partial charge is 0.304 e. The summed E-state index contributed by atoms with van der Waals surface area (Å²) in [6.45, 7) is 0.464. The molecule has 0 saturated heterocycles. The van der Waals surface area contributed by atoms with Gasteiger partial charge in [0.1, 0.15) is 0 Å². The Hall–Kier alpha value is -3.10. The zero-order valence-electron chi connectivity index (χ0n) is 21.1. The maximum Gasteiger partial charge on any atom is 0.304 e. The Labute approximate surface area is 221 Å². The van der Waals surface area contributed by atoms with Crippen molar-refractivity contribution in [1.29, 1.82) is 0 Å². The number of methoxy groups -OCH3 is 1. The molecule has 2 fully saturated rings. The topological polar surface area (TPSA) is 92.6 Å². The van der Waals surface area contributed by atoms with Gasteiger partial charge >= 0.3 is 5.97 Å². The summed E-state index contributed by atoms with van der Waals surface area (Å²) in [5.74, 6) is -1.05. The molecule has 1 atom stereocenters. The summed E-state index contributed by atoms with van der Waals surface area (Å²) in [5, 5.41) is 12.2. The van der Waals surface area contributed by atoms with Gasteiger partial charge in [-0.1, -0.05) is 56.0 Å². The van der Waals surface area contributed by atoms with E-state index in [4.69, 9.17) is 9.72 Å². The molecule has 8 heteroatoms. The van der Waals surface area contributed by atoms with Crippen molar-refractivity contribution in [2.45, 2.75) is 64.0 Å². The van der Waals surface area contributed by atoms with Crippen molar-refractivity contribution in [2.24, 2.45) is 11.8 Å². The third-order valence-corrected chi connectivity index (χ3v) is 8.18. The van der Waals surface area contributed by atoms with Gasteiger partial charge in [0.25, 0.3) is 0 Å². The monoisotopic (exact) mass is 519 g/mol. The van der Waals surface area contributed by atoms with Crippen LogP contribution >= 0.6 is 11.3 Å². The number of ether oxygens (including phenoxy) is 1. The Balaban J connectivity index is 1.42. The molecule has 7 nitrogen and oxygen atoms in total. The third kappa shape index (κ3) is 6.08. The van der Waals surface area contributed by atoms with Crippen molar-refractivity contribution in [1.82, 2.24) is 9.97 Å². The van der Waals surface area contributed by atoms with Crippen molar-refractivity contribution in [3.05, 3.63) is 53.7 Å². The molecule has 2 aliphatic rings.